The highest BCUT2D eigenvalue weighted by Gasteiger charge is 2.20. The van der Waals surface area contributed by atoms with Crippen molar-refractivity contribution in [2.45, 2.75) is 25.8 Å². The number of nitrogens with one attached hydrogen (secondary N) is 1. The van der Waals surface area contributed by atoms with E-state index in [1.165, 1.54) is 5.56 Å². The van der Waals surface area contributed by atoms with Crippen molar-refractivity contribution in [1.82, 2.24) is 20.2 Å². The van der Waals surface area contributed by atoms with Crippen molar-refractivity contribution in [1.29, 1.82) is 0 Å². The summed E-state index contributed by atoms with van der Waals surface area (Å²) < 4.78 is 0. The number of nitrogens with zero attached hydrogens (tertiary/aromatic N) is 3. The Bertz CT molecular complexity index is 687. The van der Waals surface area contributed by atoms with Gasteiger partial charge >= 0.3 is 0 Å². The van der Waals surface area contributed by atoms with Gasteiger partial charge in [0, 0.05) is 37.9 Å². The van der Waals surface area contributed by atoms with Crippen LogP contribution in [0.5, 0.6) is 0 Å². The minimum Gasteiger partial charge on any atom is -0.356 e. The van der Waals surface area contributed by atoms with Crippen LogP contribution >= 0.6 is 11.6 Å². The Morgan fingerprint density at radius 3 is 2.60 bits per heavy atom. The molecule has 2 aromatic rings. The number of halogens is 1. The highest BCUT2D eigenvalue weighted by atomic mass is 35.5. The van der Waals surface area contributed by atoms with Gasteiger partial charge in [-0.25, -0.2) is 0 Å². The van der Waals surface area contributed by atoms with Gasteiger partial charge in [-0.15, -0.1) is 0 Å². The van der Waals surface area contributed by atoms with Crippen molar-refractivity contribution < 1.29 is 4.79 Å². The average molecular weight is 359 g/mol. The van der Waals surface area contributed by atoms with Gasteiger partial charge in [-0.3, -0.25) is 19.7 Å². The van der Waals surface area contributed by atoms with Crippen molar-refractivity contribution in [2.24, 2.45) is 5.92 Å². The SMILES string of the molecule is O=C(Cc1ccncc1Cl)NCC1CCN(Cc2ccncc2)CC1. The van der Waals surface area contributed by atoms with Gasteiger partial charge in [-0.05, 0) is 61.2 Å². The molecule has 0 aliphatic carbocycles. The summed E-state index contributed by atoms with van der Waals surface area (Å²) in [6, 6.07) is 5.92. The zero-order chi connectivity index (χ0) is 17.5. The Labute approximate surface area is 153 Å². The molecular formula is C19H23ClN4O. The Hall–Kier alpha value is -1.98. The summed E-state index contributed by atoms with van der Waals surface area (Å²) in [6.45, 7) is 3.85. The van der Waals surface area contributed by atoms with Crippen LogP contribution in [-0.2, 0) is 17.8 Å². The molecule has 1 aliphatic heterocycles. The second-order valence-corrected chi connectivity index (χ2v) is 6.93. The number of hydrogen-bond donors (Lipinski definition) is 1. The molecule has 1 fully saturated rings. The minimum absolute atomic E-state index is 0.0207. The predicted molar refractivity (Wildman–Crippen MR) is 98.2 cm³/mol. The van der Waals surface area contributed by atoms with E-state index in [9.17, 15) is 4.79 Å². The lowest BCUT2D eigenvalue weighted by Gasteiger charge is -2.32. The smallest absolute Gasteiger partial charge is 0.224 e. The van der Waals surface area contributed by atoms with Crippen LogP contribution in [0.1, 0.15) is 24.0 Å². The maximum atomic E-state index is 12.1. The normalized spacial score (nSPS) is 15.9. The second kappa shape index (κ2) is 8.92. The molecule has 25 heavy (non-hydrogen) atoms. The predicted octanol–water partition coefficient (Wildman–Crippen LogP) is 2.70. The zero-order valence-electron chi connectivity index (χ0n) is 14.2. The maximum Gasteiger partial charge on any atom is 0.224 e. The number of pyridine rings is 2. The van der Waals surface area contributed by atoms with Gasteiger partial charge in [0.05, 0.1) is 11.4 Å². The van der Waals surface area contributed by atoms with Crippen molar-refractivity contribution >= 4 is 17.5 Å². The van der Waals surface area contributed by atoms with E-state index in [1.807, 2.05) is 12.4 Å². The van der Waals surface area contributed by atoms with Crippen molar-refractivity contribution in [3.05, 3.63) is 59.1 Å². The zero-order valence-corrected chi connectivity index (χ0v) is 15.0. The van der Waals surface area contributed by atoms with E-state index >= 15 is 0 Å². The third-order valence-corrected chi connectivity index (χ3v) is 5.00. The number of carbonyl (C=O) groups is 1. The molecular weight excluding hydrogens is 336 g/mol. The van der Waals surface area contributed by atoms with Crippen LogP contribution in [0.15, 0.2) is 43.0 Å². The summed E-state index contributed by atoms with van der Waals surface area (Å²) in [6.07, 6.45) is 9.44. The number of piperidine rings is 1. The van der Waals surface area contributed by atoms with Gasteiger partial charge in [0.25, 0.3) is 0 Å². The average Bonchev–Trinajstić information content (AvgIpc) is 2.64. The van der Waals surface area contributed by atoms with Gasteiger partial charge in [0.15, 0.2) is 0 Å². The Morgan fingerprint density at radius 2 is 1.88 bits per heavy atom. The third kappa shape index (κ3) is 5.51. The van der Waals surface area contributed by atoms with Crippen LogP contribution in [0.4, 0.5) is 0 Å². The molecule has 3 heterocycles. The number of rotatable bonds is 6. The van der Waals surface area contributed by atoms with Gasteiger partial charge in [0.2, 0.25) is 5.91 Å². The molecule has 0 bridgehead atoms. The van der Waals surface area contributed by atoms with E-state index in [4.69, 9.17) is 11.6 Å². The number of likely N-dealkylation sites (tertiary alicyclic amines) is 1. The van der Waals surface area contributed by atoms with Crippen molar-refractivity contribution in [2.75, 3.05) is 19.6 Å². The Morgan fingerprint density at radius 1 is 1.16 bits per heavy atom. The second-order valence-electron chi connectivity index (χ2n) is 6.52. The molecule has 1 saturated heterocycles. The lowest BCUT2D eigenvalue weighted by atomic mass is 9.96. The number of aromatic nitrogens is 2. The van der Waals surface area contributed by atoms with Crippen molar-refractivity contribution in [3.63, 3.8) is 0 Å². The lowest BCUT2D eigenvalue weighted by molar-refractivity contribution is -0.120. The third-order valence-electron chi connectivity index (χ3n) is 4.66. The van der Waals surface area contributed by atoms with Crippen LogP contribution in [-0.4, -0.2) is 40.4 Å². The molecule has 5 nitrogen and oxygen atoms in total. The number of carbonyl (C=O) groups excluding carboxylic acids is 1. The van der Waals surface area contributed by atoms with Crippen LogP contribution in [0.2, 0.25) is 5.02 Å². The molecule has 0 aromatic carbocycles. The molecule has 1 N–H and O–H groups in total. The Balaban J connectivity index is 1.38. The van der Waals surface area contributed by atoms with Gasteiger partial charge in [-0.2, -0.15) is 0 Å². The molecule has 0 radical (unpaired) electrons. The summed E-state index contributed by atoms with van der Waals surface area (Å²) in [5.41, 5.74) is 2.12. The minimum atomic E-state index is 0.0207. The van der Waals surface area contributed by atoms with E-state index < -0.39 is 0 Å². The first-order valence-electron chi connectivity index (χ1n) is 8.67. The first kappa shape index (κ1) is 17.8. The fraction of sp³-hybridized carbons (Fsp3) is 0.421. The summed E-state index contributed by atoms with van der Waals surface area (Å²) in [7, 11) is 0. The molecule has 1 amide bonds. The summed E-state index contributed by atoms with van der Waals surface area (Å²) in [4.78, 5) is 22.6. The van der Waals surface area contributed by atoms with Crippen LogP contribution < -0.4 is 5.32 Å². The molecule has 132 valence electrons. The van der Waals surface area contributed by atoms with Gasteiger partial charge in [0.1, 0.15) is 0 Å². The molecule has 0 unspecified atom stereocenters. The monoisotopic (exact) mass is 358 g/mol. The van der Waals surface area contributed by atoms with Crippen LogP contribution in [0, 0.1) is 5.92 Å². The standard InChI is InChI=1S/C19H23ClN4O/c20-18-13-22-8-3-17(18)11-19(25)23-12-15-4-9-24(10-5-15)14-16-1-6-21-7-2-16/h1-3,6-8,13,15H,4-5,9-12,14H2,(H,23,25). The summed E-state index contributed by atoms with van der Waals surface area (Å²) in [5.74, 6) is 0.567. The fourth-order valence-electron chi connectivity index (χ4n) is 3.14. The van der Waals surface area contributed by atoms with E-state index in [2.05, 4.69) is 32.3 Å². The van der Waals surface area contributed by atoms with E-state index in [0.29, 0.717) is 17.4 Å². The topological polar surface area (TPSA) is 58.1 Å². The highest BCUT2D eigenvalue weighted by molar-refractivity contribution is 6.31. The Kier molecular flexibility index (Phi) is 6.36. The number of hydrogen-bond acceptors (Lipinski definition) is 4. The molecule has 6 heteroatoms. The van der Waals surface area contributed by atoms with Crippen LogP contribution in [0.25, 0.3) is 0 Å². The van der Waals surface area contributed by atoms with E-state index in [-0.39, 0.29) is 5.91 Å². The molecule has 2 aromatic heterocycles. The largest absolute Gasteiger partial charge is 0.356 e. The fourth-order valence-corrected chi connectivity index (χ4v) is 3.32. The quantitative estimate of drug-likeness (QED) is 0.862. The first-order chi connectivity index (χ1) is 12.2. The molecule has 0 saturated carbocycles. The molecule has 0 spiro atoms. The molecule has 0 atom stereocenters. The molecule has 1 aliphatic rings. The van der Waals surface area contributed by atoms with Crippen molar-refractivity contribution in [3.8, 4) is 0 Å². The van der Waals surface area contributed by atoms with E-state index in [1.54, 1.807) is 18.5 Å². The summed E-state index contributed by atoms with van der Waals surface area (Å²) in [5, 5.41) is 3.59. The number of amides is 1. The van der Waals surface area contributed by atoms with Crippen LogP contribution in [0.3, 0.4) is 0 Å². The first-order valence-corrected chi connectivity index (χ1v) is 9.05. The summed E-state index contributed by atoms with van der Waals surface area (Å²) >= 11 is 6.05. The lowest BCUT2D eigenvalue weighted by Crippen LogP contribution is -2.38. The maximum absolute atomic E-state index is 12.1. The van der Waals surface area contributed by atoms with E-state index in [0.717, 1.165) is 44.6 Å². The molecule has 3 rings (SSSR count). The van der Waals surface area contributed by atoms with Gasteiger partial charge < -0.3 is 5.32 Å². The van der Waals surface area contributed by atoms with Gasteiger partial charge in [-0.1, -0.05) is 11.6 Å². The highest BCUT2D eigenvalue weighted by Crippen LogP contribution is 2.18.